The van der Waals surface area contributed by atoms with Crippen molar-refractivity contribution in [1.82, 2.24) is 14.7 Å². The highest BCUT2D eigenvalue weighted by Gasteiger charge is 2.22. The molecule has 3 N–H and O–H groups in total. The number of nitrogens with zero attached hydrogens (tertiary/aromatic N) is 1. The van der Waals surface area contributed by atoms with Crippen LogP contribution in [0.15, 0.2) is 29.4 Å². The van der Waals surface area contributed by atoms with Crippen LogP contribution in [0.3, 0.4) is 0 Å². The number of halogens is 2. The molecule has 0 aliphatic rings. The first kappa shape index (κ1) is 15.9. The Balaban J connectivity index is 2.17. The van der Waals surface area contributed by atoms with Gasteiger partial charge in [-0.15, -0.1) is 0 Å². The van der Waals surface area contributed by atoms with E-state index in [4.69, 9.17) is 16.7 Å². The summed E-state index contributed by atoms with van der Waals surface area (Å²) < 4.78 is 40.4. The van der Waals surface area contributed by atoms with Crippen molar-refractivity contribution in [2.75, 3.05) is 6.54 Å². The van der Waals surface area contributed by atoms with E-state index < -0.39 is 27.3 Å². The van der Waals surface area contributed by atoms with Gasteiger partial charge in [0.05, 0.1) is 6.61 Å². The van der Waals surface area contributed by atoms with Crippen molar-refractivity contribution < 1.29 is 17.9 Å². The molecule has 6 nitrogen and oxygen atoms in total. The largest absolute Gasteiger partial charge is 0.392 e. The second-order valence-corrected chi connectivity index (χ2v) is 6.39. The number of nitrogens with one attached hydrogen (secondary N) is 2. The number of H-pyrrole nitrogens is 1. The van der Waals surface area contributed by atoms with Crippen LogP contribution in [0.5, 0.6) is 0 Å². The lowest BCUT2D eigenvalue weighted by Gasteiger charge is -2.10. The van der Waals surface area contributed by atoms with Gasteiger partial charge in [-0.2, -0.15) is 0 Å². The lowest BCUT2D eigenvalue weighted by atomic mass is 10.2. The molecule has 2 aromatic rings. The van der Waals surface area contributed by atoms with Gasteiger partial charge in [0.15, 0.2) is 0 Å². The number of sulfonamides is 1. The van der Waals surface area contributed by atoms with Gasteiger partial charge in [-0.3, -0.25) is 0 Å². The molecule has 0 saturated heterocycles. The summed E-state index contributed by atoms with van der Waals surface area (Å²) in [6.07, 6.45) is 3.50. The van der Waals surface area contributed by atoms with Crippen molar-refractivity contribution in [3.05, 3.63) is 46.8 Å². The highest BCUT2D eigenvalue weighted by molar-refractivity contribution is 7.89. The van der Waals surface area contributed by atoms with Gasteiger partial charge in [-0.05, 0) is 12.1 Å². The first-order valence-electron chi connectivity index (χ1n) is 6.00. The number of hydrogen-bond donors (Lipinski definition) is 3. The number of hydrogen-bond acceptors (Lipinski definition) is 4. The smallest absolute Gasteiger partial charge is 0.243 e. The van der Waals surface area contributed by atoms with E-state index >= 15 is 0 Å². The Morgan fingerprint density at radius 3 is 2.81 bits per heavy atom. The molecule has 9 heteroatoms. The number of benzene rings is 1. The molecule has 0 saturated carbocycles. The molecule has 0 unspecified atom stereocenters. The molecular formula is C12H13ClFN3O3S. The molecule has 1 heterocycles. The molecule has 0 amide bonds. The number of aromatic amines is 1. The quantitative estimate of drug-likeness (QED) is 0.740. The summed E-state index contributed by atoms with van der Waals surface area (Å²) in [5, 5.41) is 9.04. The SMILES string of the molecule is O=S(=O)(NCCc1ncc[nH]1)c1cc(Cl)cc(CO)c1F. The third-order valence-electron chi connectivity index (χ3n) is 2.75. The summed E-state index contributed by atoms with van der Waals surface area (Å²) in [7, 11) is -4.06. The zero-order valence-electron chi connectivity index (χ0n) is 10.8. The third-order valence-corrected chi connectivity index (χ3v) is 4.43. The van der Waals surface area contributed by atoms with Gasteiger partial charge in [-0.25, -0.2) is 22.5 Å². The number of aromatic nitrogens is 2. The van der Waals surface area contributed by atoms with Gasteiger partial charge in [0.1, 0.15) is 16.5 Å². The zero-order chi connectivity index (χ0) is 15.5. The fourth-order valence-electron chi connectivity index (χ4n) is 1.75. The molecule has 2 rings (SSSR count). The van der Waals surface area contributed by atoms with Gasteiger partial charge in [0.2, 0.25) is 10.0 Å². The van der Waals surface area contributed by atoms with E-state index in [9.17, 15) is 12.8 Å². The monoisotopic (exact) mass is 333 g/mol. The molecule has 0 aliphatic carbocycles. The summed E-state index contributed by atoms with van der Waals surface area (Å²) in [6, 6.07) is 2.18. The Hall–Kier alpha value is -1.48. The molecule has 114 valence electrons. The zero-order valence-corrected chi connectivity index (χ0v) is 12.4. The minimum atomic E-state index is -4.06. The first-order chi connectivity index (χ1) is 9.94. The Labute approximate surface area is 126 Å². The minimum Gasteiger partial charge on any atom is -0.392 e. The molecule has 21 heavy (non-hydrogen) atoms. The predicted molar refractivity (Wildman–Crippen MR) is 74.8 cm³/mol. The number of aliphatic hydroxyl groups is 1. The summed E-state index contributed by atoms with van der Waals surface area (Å²) in [5.74, 6) is -0.396. The normalized spacial score (nSPS) is 11.8. The van der Waals surface area contributed by atoms with E-state index in [1.54, 1.807) is 12.4 Å². The van der Waals surface area contributed by atoms with Crippen LogP contribution in [-0.2, 0) is 23.1 Å². The summed E-state index contributed by atoms with van der Waals surface area (Å²) in [5.41, 5.74) is -0.172. The summed E-state index contributed by atoms with van der Waals surface area (Å²) in [4.78, 5) is 6.19. The van der Waals surface area contributed by atoms with Crippen LogP contribution < -0.4 is 4.72 Å². The van der Waals surface area contributed by atoms with Gasteiger partial charge in [0, 0.05) is 35.9 Å². The Morgan fingerprint density at radius 2 is 2.19 bits per heavy atom. The van der Waals surface area contributed by atoms with E-state index in [0.29, 0.717) is 12.2 Å². The highest BCUT2D eigenvalue weighted by atomic mass is 35.5. The van der Waals surface area contributed by atoms with Crippen molar-refractivity contribution in [1.29, 1.82) is 0 Å². The van der Waals surface area contributed by atoms with Crippen LogP contribution >= 0.6 is 11.6 Å². The molecule has 0 atom stereocenters. The van der Waals surface area contributed by atoms with Crippen molar-refractivity contribution in [2.45, 2.75) is 17.9 Å². The fraction of sp³-hybridized carbons (Fsp3) is 0.250. The van der Waals surface area contributed by atoms with Crippen LogP contribution in [0, 0.1) is 5.82 Å². The Kier molecular flexibility index (Phi) is 4.94. The topological polar surface area (TPSA) is 95.1 Å². The van der Waals surface area contributed by atoms with Crippen LogP contribution in [0.1, 0.15) is 11.4 Å². The molecule has 1 aromatic heterocycles. The highest BCUT2D eigenvalue weighted by Crippen LogP contribution is 2.23. The third kappa shape index (κ3) is 3.79. The van der Waals surface area contributed by atoms with Crippen molar-refractivity contribution in [3.8, 4) is 0 Å². The molecule has 0 fully saturated rings. The average Bonchev–Trinajstić information content (AvgIpc) is 2.93. The molecule has 0 spiro atoms. The van der Waals surface area contributed by atoms with Crippen molar-refractivity contribution >= 4 is 21.6 Å². The van der Waals surface area contributed by atoms with E-state index in [1.165, 1.54) is 6.07 Å². The molecule has 1 aromatic carbocycles. The van der Waals surface area contributed by atoms with Gasteiger partial charge >= 0.3 is 0 Å². The van der Waals surface area contributed by atoms with Crippen LogP contribution in [0.2, 0.25) is 5.02 Å². The lowest BCUT2D eigenvalue weighted by molar-refractivity contribution is 0.274. The summed E-state index contributed by atoms with van der Waals surface area (Å²) in [6.45, 7) is -0.586. The molecule has 0 bridgehead atoms. The fourth-order valence-corrected chi connectivity index (χ4v) is 3.23. The molecule has 0 aliphatic heterocycles. The maximum Gasteiger partial charge on any atom is 0.243 e. The van der Waals surface area contributed by atoms with E-state index in [-0.39, 0.29) is 17.1 Å². The van der Waals surface area contributed by atoms with Gasteiger partial charge < -0.3 is 10.1 Å². The van der Waals surface area contributed by atoms with Crippen molar-refractivity contribution in [2.24, 2.45) is 0 Å². The van der Waals surface area contributed by atoms with Gasteiger partial charge in [0.25, 0.3) is 0 Å². The first-order valence-corrected chi connectivity index (χ1v) is 7.87. The van der Waals surface area contributed by atoms with E-state index in [2.05, 4.69) is 14.7 Å². The van der Waals surface area contributed by atoms with Gasteiger partial charge in [-0.1, -0.05) is 11.6 Å². The minimum absolute atomic E-state index is 0.0341. The standard InChI is InChI=1S/C12H13ClFN3O3S/c13-9-5-8(7-18)12(14)10(6-9)21(19,20)17-2-1-11-15-3-4-16-11/h3-6,17-18H,1-2,7H2,(H,15,16). The van der Waals surface area contributed by atoms with E-state index in [0.717, 1.165) is 6.07 Å². The molecular weight excluding hydrogens is 321 g/mol. The number of rotatable bonds is 6. The number of imidazole rings is 1. The average molecular weight is 334 g/mol. The lowest BCUT2D eigenvalue weighted by Crippen LogP contribution is -2.27. The van der Waals surface area contributed by atoms with Crippen LogP contribution in [-0.4, -0.2) is 30.0 Å². The van der Waals surface area contributed by atoms with Crippen LogP contribution in [0.4, 0.5) is 4.39 Å². The summed E-state index contributed by atoms with van der Waals surface area (Å²) >= 11 is 5.74. The Bertz CT molecular complexity index is 720. The van der Waals surface area contributed by atoms with E-state index in [1.807, 2.05) is 0 Å². The predicted octanol–water partition coefficient (Wildman–Crippen LogP) is 1.22. The maximum absolute atomic E-state index is 14.0. The molecule has 0 radical (unpaired) electrons. The maximum atomic E-state index is 14.0. The second-order valence-electron chi connectivity index (χ2n) is 4.22. The second kappa shape index (κ2) is 6.52. The Morgan fingerprint density at radius 1 is 1.43 bits per heavy atom. The van der Waals surface area contributed by atoms with Crippen LogP contribution in [0.25, 0.3) is 0 Å². The number of aliphatic hydroxyl groups excluding tert-OH is 1. The van der Waals surface area contributed by atoms with Crippen molar-refractivity contribution in [3.63, 3.8) is 0 Å².